The summed E-state index contributed by atoms with van der Waals surface area (Å²) in [5, 5.41) is 6.82. The number of hydrogen-bond donors (Lipinski definition) is 3. The number of rotatable bonds is 8. The summed E-state index contributed by atoms with van der Waals surface area (Å²) in [4.78, 5) is 12.0. The Bertz CT molecular complexity index is 828. The molecular formula is C16H23N5O3S. The maximum absolute atomic E-state index is 12.1. The Hall–Kier alpha value is -2.39. The van der Waals surface area contributed by atoms with Gasteiger partial charge in [-0.15, -0.1) is 0 Å². The van der Waals surface area contributed by atoms with Gasteiger partial charge in [0.15, 0.2) is 0 Å². The standard InChI is InChI=1S/C16H23N5O3S/c1-12-4-6-14(7-5-12)25(23,24)19-9-3-8-18-16(22)11-21-15(17)10-13(2)20-21/h4-7,10,19H,3,8-9,11,17H2,1-2H3,(H,18,22). The molecule has 0 fully saturated rings. The fourth-order valence-corrected chi connectivity index (χ4v) is 3.28. The molecule has 1 aromatic heterocycles. The second-order valence-electron chi connectivity index (χ2n) is 5.78. The summed E-state index contributed by atoms with van der Waals surface area (Å²) in [6.07, 6.45) is 0.477. The van der Waals surface area contributed by atoms with Crippen LogP contribution in [0.1, 0.15) is 17.7 Å². The number of hydrogen-bond acceptors (Lipinski definition) is 5. The fraction of sp³-hybridized carbons (Fsp3) is 0.375. The summed E-state index contributed by atoms with van der Waals surface area (Å²) in [5.74, 6) is 0.203. The minimum absolute atomic E-state index is 0.0365. The SMILES string of the molecule is Cc1ccc(S(=O)(=O)NCCCNC(=O)Cn2nc(C)cc2N)cc1. The van der Waals surface area contributed by atoms with Crippen molar-refractivity contribution < 1.29 is 13.2 Å². The fourth-order valence-electron chi connectivity index (χ4n) is 2.21. The number of nitrogens with zero attached hydrogens (tertiary/aromatic N) is 2. The molecule has 0 unspecified atom stereocenters. The number of benzene rings is 1. The molecule has 4 N–H and O–H groups in total. The number of anilines is 1. The molecule has 0 spiro atoms. The lowest BCUT2D eigenvalue weighted by Crippen LogP contribution is -2.32. The van der Waals surface area contributed by atoms with Crippen molar-refractivity contribution in [3.8, 4) is 0 Å². The van der Waals surface area contributed by atoms with Crippen LogP contribution in [0.5, 0.6) is 0 Å². The van der Waals surface area contributed by atoms with Gasteiger partial charge in [0.25, 0.3) is 0 Å². The molecule has 136 valence electrons. The Kier molecular flexibility index (Phi) is 6.16. The van der Waals surface area contributed by atoms with Crippen LogP contribution in [0.25, 0.3) is 0 Å². The normalized spacial score (nSPS) is 11.4. The third-order valence-corrected chi connectivity index (χ3v) is 5.00. The minimum Gasteiger partial charge on any atom is -0.384 e. The summed E-state index contributed by atoms with van der Waals surface area (Å²) in [6, 6.07) is 8.31. The molecule has 0 atom stereocenters. The average Bonchev–Trinajstić information content (AvgIpc) is 2.84. The van der Waals surface area contributed by atoms with Gasteiger partial charge in [0.1, 0.15) is 12.4 Å². The first-order chi connectivity index (χ1) is 11.8. The molecule has 0 radical (unpaired) electrons. The molecular weight excluding hydrogens is 342 g/mol. The zero-order valence-corrected chi connectivity index (χ0v) is 15.1. The number of nitrogens with one attached hydrogen (secondary N) is 2. The zero-order chi connectivity index (χ0) is 18.4. The van der Waals surface area contributed by atoms with E-state index in [0.29, 0.717) is 18.8 Å². The molecule has 0 saturated carbocycles. The molecule has 1 heterocycles. The molecule has 0 aliphatic rings. The first-order valence-electron chi connectivity index (χ1n) is 7.91. The molecule has 1 aromatic carbocycles. The number of nitrogen functional groups attached to an aromatic ring is 1. The first-order valence-corrected chi connectivity index (χ1v) is 9.39. The van der Waals surface area contributed by atoms with E-state index in [2.05, 4.69) is 15.1 Å². The van der Waals surface area contributed by atoms with Crippen molar-refractivity contribution in [2.75, 3.05) is 18.8 Å². The van der Waals surface area contributed by atoms with Gasteiger partial charge in [-0.1, -0.05) is 17.7 Å². The Balaban J connectivity index is 1.71. The van der Waals surface area contributed by atoms with Crippen LogP contribution in [-0.4, -0.2) is 37.2 Å². The van der Waals surface area contributed by atoms with Gasteiger partial charge in [0.2, 0.25) is 15.9 Å². The van der Waals surface area contributed by atoms with Crippen LogP contribution in [0.2, 0.25) is 0 Å². The number of carbonyl (C=O) groups excluding carboxylic acids is 1. The van der Waals surface area contributed by atoms with Gasteiger partial charge in [-0.25, -0.2) is 17.8 Å². The number of aromatic nitrogens is 2. The summed E-state index contributed by atoms with van der Waals surface area (Å²) in [6.45, 7) is 4.32. The highest BCUT2D eigenvalue weighted by atomic mass is 32.2. The topological polar surface area (TPSA) is 119 Å². The third kappa shape index (κ3) is 5.57. The van der Waals surface area contributed by atoms with Crippen molar-refractivity contribution >= 4 is 21.7 Å². The lowest BCUT2D eigenvalue weighted by Gasteiger charge is -2.08. The van der Waals surface area contributed by atoms with E-state index in [9.17, 15) is 13.2 Å². The van der Waals surface area contributed by atoms with E-state index < -0.39 is 10.0 Å². The number of sulfonamides is 1. The quantitative estimate of drug-likeness (QED) is 0.591. The monoisotopic (exact) mass is 365 g/mol. The minimum atomic E-state index is -3.52. The van der Waals surface area contributed by atoms with Gasteiger partial charge in [-0.2, -0.15) is 5.10 Å². The largest absolute Gasteiger partial charge is 0.384 e. The summed E-state index contributed by atoms with van der Waals surface area (Å²) in [7, 11) is -3.52. The van der Waals surface area contributed by atoms with Crippen LogP contribution in [0, 0.1) is 13.8 Å². The van der Waals surface area contributed by atoms with E-state index in [-0.39, 0.29) is 23.9 Å². The number of aryl methyl sites for hydroxylation is 2. The number of nitrogens with two attached hydrogens (primary N) is 1. The summed E-state index contributed by atoms with van der Waals surface area (Å²) in [5.41, 5.74) is 7.46. The zero-order valence-electron chi connectivity index (χ0n) is 14.3. The Morgan fingerprint density at radius 2 is 1.88 bits per heavy atom. The molecule has 0 saturated heterocycles. The van der Waals surface area contributed by atoms with Crippen LogP contribution >= 0.6 is 0 Å². The Morgan fingerprint density at radius 1 is 1.20 bits per heavy atom. The van der Waals surface area contributed by atoms with Gasteiger partial charge in [-0.05, 0) is 32.4 Å². The van der Waals surface area contributed by atoms with Crippen molar-refractivity contribution in [3.05, 3.63) is 41.6 Å². The Labute approximate surface area is 147 Å². The van der Waals surface area contributed by atoms with E-state index in [1.807, 2.05) is 6.92 Å². The number of carbonyl (C=O) groups is 1. The molecule has 2 aromatic rings. The van der Waals surface area contributed by atoms with E-state index in [1.54, 1.807) is 37.3 Å². The molecule has 0 bridgehead atoms. The second kappa shape index (κ2) is 8.13. The smallest absolute Gasteiger partial charge is 0.241 e. The van der Waals surface area contributed by atoms with Crippen LogP contribution in [0.4, 0.5) is 5.82 Å². The van der Waals surface area contributed by atoms with Crippen molar-refractivity contribution in [1.82, 2.24) is 19.8 Å². The first kappa shape index (κ1) is 18.9. The molecule has 2 rings (SSSR count). The predicted octanol–water partition coefficient (Wildman–Crippen LogP) is 0.567. The molecule has 1 amide bonds. The third-order valence-electron chi connectivity index (χ3n) is 3.53. The van der Waals surface area contributed by atoms with E-state index >= 15 is 0 Å². The molecule has 8 nitrogen and oxygen atoms in total. The molecule has 0 aliphatic carbocycles. The van der Waals surface area contributed by atoms with Gasteiger partial charge < -0.3 is 11.1 Å². The average molecular weight is 365 g/mol. The molecule has 0 aliphatic heterocycles. The lowest BCUT2D eigenvalue weighted by atomic mass is 10.2. The highest BCUT2D eigenvalue weighted by Crippen LogP contribution is 2.09. The van der Waals surface area contributed by atoms with Crippen LogP contribution in [-0.2, 0) is 21.4 Å². The van der Waals surface area contributed by atoms with Crippen molar-refractivity contribution in [2.45, 2.75) is 31.7 Å². The lowest BCUT2D eigenvalue weighted by molar-refractivity contribution is -0.121. The number of amides is 1. The van der Waals surface area contributed by atoms with Crippen molar-refractivity contribution in [1.29, 1.82) is 0 Å². The predicted molar refractivity (Wildman–Crippen MR) is 95.4 cm³/mol. The van der Waals surface area contributed by atoms with Crippen molar-refractivity contribution in [3.63, 3.8) is 0 Å². The van der Waals surface area contributed by atoms with Gasteiger partial charge in [-0.3, -0.25) is 4.79 Å². The van der Waals surface area contributed by atoms with E-state index in [4.69, 9.17) is 5.73 Å². The van der Waals surface area contributed by atoms with Gasteiger partial charge >= 0.3 is 0 Å². The van der Waals surface area contributed by atoms with E-state index in [0.717, 1.165) is 11.3 Å². The Morgan fingerprint density at radius 3 is 2.48 bits per heavy atom. The maximum Gasteiger partial charge on any atom is 0.241 e. The molecule has 9 heteroatoms. The van der Waals surface area contributed by atoms with Crippen LogP contribution < -0.4 is 15.8 Å². The van der Waals surface area contributed by atoms with Gasteiger partial charge in [0.05, 0.1) is 10.6 Å². The van der Waals surface area contributed by atoms with Gasteiger partial charge in [0, 0.05) is 19.2 Å². The highest BCUT2D eigenvalue weighted by molar-refractivity contribution is 7.89. The maximum atomic E-state index is 12.1. The second-order valence-corrected chi connectivity index (χ2v) is 7.55. The van der Waals surface area contributed by atoms with Crippen LogP contribution in [0.3, 0.4) is 0 Å². The van der Waals surface area contributed by atoms with Crippen LogP contribution in [0.15, 0.2) is 35.2 Å². The van der Waals surface area contributed by atoms with E-state index in [1.165, 1.54) is 4.68 Å². The molecule has 25 heavy (non-hydrogen) atoms. The summed E-state index contributed by atoms with van der Waals surface area (Å²) >= 11 is 0. The highest BCUT2D eigenvalue weighted by Gasteiger charge is 2.12. The summed E-state index contributed by atoms with van der Waals surface area (Å²) < 4.78 is 28.1. The van der Waals surface area contributed by atoms with Crippen molar-refractivity contribution in [2.24, 2.45) is 0 Å².